The van der Waals surface area contributed by atoms with Gasteiger partial charge in [-0.3, -0.25) is 29.0 Å². The first-order valence-electron chi connectivity index (χ1n) is 15.3. The third-order valence-electron chi connectivity index (χ3n) is 7.06. The van der Waals surface area contributed by atoms with Gasteiger partial charge >= 0.3 is 0 Å². The van der Waals surface area contributed by atoms with Gasteiger partial charge < -0.3 is 54.3 Å². The number of carbonyl (C=O) groups is 6. The van der Waals surface area contributed by atoms with Gasteiger partial charge in [-0.15, -0.1) is 0 Å². The van der Waals surface area contributed by atoms with Crippen LogP contribution in [0.15, 0.2) is 4.99 Å². The molecule has 44 heavy (non-hydrogen) atoms. The zero-order valence-corrected chi connectivity index (χ0v) is 25.9. The Morgan fingerprint density at radius 2 is 1.45 bits per heavy atom. The highest BCUT2D eigenvalue weighted by molar-refractivity contribution is 5.95. The third kappa shape index (κ3) is 15.6. The lowest BCUT2D eigenvalue weighted by Gasteiger charge is -2.26. The van der Waals surface area contributed by atoms with Crippen LogP contribution < -0.4 is 49.5 Å². The Hall–Kier alpha value is -3.79. The van der Waals surface area contributed by atoms with E-state index in [1.807, 2.05) is 13.8 Å². The highest BCUT2D eigenvalue weighted by Gasteiger charge is 2.32. The van der Waals surface area contributed by atoms with E-state index in [2.05, 4.69) is 31.6 Å². The Labute approximate surface area is 259 Å². The van der Waals surface area contributed by atoms with Gasteiger partial charge in [0.1, 0.15) is 24.4 Å². The molecule has 0 spiro atoms. The molecule has 1 heterocycles. The lowest BCUT2D eigenvalue weighted by molar-refractivity contribution is -0.134. The molecule has 1 saturated heterocycles. The van der Waals surface area contributed by atoms with Gasteiger partial charge in [0, 0.05) is 13.0 Å². The van der Waals surface area contributed by atoms with Crippen LogP contribution in [0.25, 0.3) is 0 Å². The Morgan fingerprint density at radius 1 is 0.864 bits per heavy atom. The first-order chi connectivity index (χ1) is 20.9. The average Bonchev–Trinajstić information content (AvgIpc) is 3.50. The number of nitrogens with one attached hydrogen (secondary N) is 5. The number of unbranched alkanes of at least 4 members (excludes halogenated alkanes) is 1. The molecule has 16 heteroatoms. The minimum Gasteiger partial charge on any atom is -0.370 e. The predicted octanol–water partition coefficient (Wildman–Crippen LogP) is -2.63. The minimum atomic E-state index is -1.19. The molecule has 5 atom stereocenters. The number of nitrogens with zero attached hydrogens (tertiary/aromatic N) is 1. The fourth-order valence-corrected chi connectivity index (χ4v) is 4.75. The molecule has 250 valence electrons. The summed E-state index contributed by atoms with van der Waals surface area (Å²) in [7, 11) is 0. The smallest absolute Gasteiger partial charge is 0.243 e. The van der Waals surface area contributed by atoms with Gasteiger partial charge in [0.15, 0.2) is 5.96 Å². The number of guanidine groups is 1. The van der Waals surface area contributed by atoms with Crippen molar-refractivity contribution in [3.8, 4) is 0 Å². The number of nitrogens with two attached hydrogens (primary N) is 4. The SMILES string of the molecule is CC(C)C[C@@H](C=O)NC(=O)[C@H](CCC(N)=O)NC(=O)[C@H](CCCCN)NC(=O)[C@H](CCCN=C(N)N)NC(=O)[C@@H]1CCCN1. The Balaban J connectivity index is 3.12. The van der Waals surface area contributed by atoms with Crippen molar-refractivity contribution in [2.24, 2.45) is 33.8 Å². The maximum Gasteiger partial charge on any atom is 0.243 e. The second-order valence-corrected chi connectivity index (χ2v) is 11.5. The number of aliphatic imine (C=N–C) groups is 1. The van der Waals surface area contributed by atoms with Crippen molar-refractivity contribution in [1.29, 1.82) is 0 Å². The molecule has 0 radical (unpaired) electrons. The normalized spacial score (nSPS) is 17.0. The summed E-state index contributed by atoms with van der Waals surface area (Å²) in [5, 5.41) is 13.8. The van der Waals surface area contributed by atoms with Gasteiger partial charge in [-0.2, -0.15) is 0 Å². The van der Waals surface area contributed by atoms with E-state index in [-0.39, 0.29) is 50.0 Å². The zero-order chi connectivity index (χ0) is 33.1. The van der Waals surface area contributed by atoms with Crippen molar-refractivity contribution in [3.63, 3.8) is 0 Å². The maximum atomic E-state index is 13.5. The summed E-state index contributed by atoms with van der Waals surface area (Å²) in [4.78, 5) is 79.8. The molecule has 16 nitrogen and oxygen atoms in total. The van der Waals surface area contributed by atoms with Crippen LogP contribution in [0.2, 0.25) is 0 Å². The van der Waals surface area contributed by atoms with E-state index in [0.717, 1.165) is 6.42 Å². The summed E-state index contributed by atoms with van der Waals surface area (Å²) in [5.41, 5.74) is 21.7. The lowest BCUT2D eigenvalue weighted by atomic mass is 10.0. The molecular formula is C28H52N10O6. The molecular weight excluding hydrogens is 572 g/mol. The number of aldehydes is 1. The van der Waals surface area contributed by atoms with E-state index in [9.17, 15) is 28.8 Å². The summed E-state index contributed by atoms with van der Waals surface area (Å²) in [6.07, 6.45) is 4.00. The average molecular weight is 625 g/mol. The molecule has 0 saturated carbocycles. The van der Waals surface area contributed by atoms with Crippen molar-refractivity contribution < 1.29 is 28.8 Å². The molecule has 1 aliphatic rings. The quantitative estimate of drug-likeness (QED) is 0.0261. The molecule has 0 aliphatic carbocycles. The Kier molecular flexibility index (Phi) is 18.2. The van der Waals surface area contributed by atoms with Crippen LogP contribution in [-0.2, 0) is 28.8 Å². The van der Waals surface area contributed by atoms with Gasteiger partial charge in [-0.05, 0) is 76.8 Å². The lowest BCUT2D eigenvalue weighted by Crippen LogP contribution is -2.58. The number of hydrogen-bond donors (Lipinski definition) is 9. The number of carbonyl (C=O) groups excluding carboxylic acids is 6. The van der Waals surface area contributed by atoms with Crippen LogP contribution in [0.1, 0.15) is 78.1 Å². The monoisotopic (exact) mass is 624 g/mol. The number of amides is 5. The van der Waals surface area contributed by atoms with Crippen LogP contribution in [-0.4, -0.2) is 91.6 Å². The molecule has 0 unspecified atom stereocenters. The van der Waals surface area contributed by atoms with Crippen molar-refractivity contribution >= 4 is 41.8 Å². The van der Waals surface area contributed by atoms with Gasteiger partial charge in [-0.1, -0.05) is 13.8 Å². The summed E-state index contributed by atoms with van der Waals surface area (Å²) in [6, 6.07) is -4.48. The number of primary amides is 1. The van der Waals surface area contributed by atoms with E-state index in [1.165, 1.54) is 0 Å². The number of rotatable bonds is 22. The Morgan fingerprint density at radius 3 is 1.98 bits per heavy atom. The second kappa shape index (κ2) is 21.0. The summed E-state index contributed by atoms with van der Waals surface area (Å²) >= 11 is 0. The fourth-order valence-electron chi connectivity index (χ4n) is 4.75. The molecule has 0 bridgehead atoms. The topological polar surface area (TPSA) is 279 Å². The van der Waals surface area contributed by atoms with Crippen molar-refractivity contribution in [2.45, 2.75) is 108 Å². The standard InChI is InChI=1S/C28H52N10O6/c1-17(2)15-18(16-39)35-25(42)22(10-11-23(30)40)38-26(43)20(7-3-4-12-29)37-27(44)21(9-6-14-34-28(31)32)36-24(41)19-8-5-13-33-19/h16-22,33H,3-15,29H2,1-2H3,(H2,30,40)(H,35,42)(H,36,41)(H,37,44)(H,38,43)(H4,31,32,34)/t18-,19-,20-,21-,22-/m0/s1. The van der Waals surface area contributed by atoms with Gasteiger partial charge in [0.2, 0.25) is 29.5 Å². The van der Waals surface area contributed by atoms with Crippen LogP contribution in [0.4, 0.5) is 0 Å². The maximum absolute atomic E-state index is 13.5. The molecule has 1 aliphatic heterocycles. The minimum absolute atomic E-state index is 0.0968. The molecule has 1 fully saturated rings. The van der Waals surface area contributed by atoms with E-state index in [4.69, 9.17) is 22.9 Å². The van der Waals surface area contributed by atoms with Crippen LogP contribution in [0.5, 0.6) is 0 Å². The second-order valence-electron chi connectivity index (χ2n) is 11.5. The first kappa shape index (κ1) is 38.2. The molecule has 1 rings (SSSR count). The highest BCUT2D eigenvalue weighted by Crippen LogP contribution is 2.10. The zero-order valence-electron chi connectivity index (χ0n) is 25.9. The van der Waals surface area contributed by atoms with Crippen molar-refractivity contribution in [2.75, 3.05) is 19.6 Å². The van der Waals surface area contributed by atoms with E-state index >= 15 is 0 Å². The van der Waals surface area contributed by atoms with E-state index in [1.54, 1.807) is 0 Å². The van der Waals surface area contributed by atoms with E-state index in [0.29, 0.717) is 51.5 Å². The third-order valence-corrected chi connectivity index (χ3v) is 7.06. The largest absolute Gasteiger partial charge is 0.370 e. The molecule has 13 N–H and O–H groups in total. The molecule has 0 aromatic rings. The van der Waals surface area contributed by atoms with Gasteiger partial charge in [0.05, 0.1) is 12.1 Å². The van der Waals surface area contributed by atoms with Crippen LogP contribution >= 0.6 is 0 Å². The van der Waals surface area contributed by atoms with E-state index < -0.39 is 53.8 Å². The van der Waals surface area contributed by atoms with Crippen LogP contribution in [0, 0.1) is 5.92 Å². The van der Waals surface area contributed by atoms with Gasteiger partial charge in [-0.25, -0.2) is 0 Å². The fraction of sp³-hybridized carbons (Fsp3) is 0.750. The van der Waals surface area contributed by atoms with Gasteiger partial charge in [0.25, 0.3) is 0 Å². The van der Waals surface area contributed by atoms with Crippen LogP contribution in [0.3, 0.4) is 0 Å². The first-order valence-corrected chi connectivity index (χ1v) is 15.3. The highest BCUT2D eigenvalue weighted by atomic mass is 16.2. The molecule has 0 aromatic carbocycles. The number of hydrogen-bond acceptors (Lipinski definition) is 9. The summed E-state index contributed by atoms with van der Waals surface area (Å²) in [6.45, 7) is 5.08. The van der Waals surface area contributed by atoms with Crippen molar-refractivity contribution in [3.05, 3.63) is 0 Å². The summed E-state index contributed by atoms with van der Waals surface area (Å²) in [5.74, 6) is -2.90. The summed E-state index contributed by atoms with van der Waals surface area (Å²) < 4.78 is 0. The van der Waals surface area contributed by atoms with Crippen molar-refractivity contribution in [1.82, 2.24) is 26.6 Å². The molecule has 5 amide bonds. The Bertz CT molecular complexity index is 982. The molecule has 0 aromatic heterocycles. The predicted molar refractivity (Wildman–Crippen MR) is 166 cm³/mol.